The Morgan fingerprint density at radius 3 is 2.09 bits per heavy atom. The Hall–Kier alpha value is -1.96. The van der Waals surface area contributed by atoms with Crippen molar-refractivity contribution in [1.82, 2.24) is 0 Å². The number of ether oxygens (including phenoxy) is 2. The molecule has 0 radical (unpaired) electrons. The zero-order chi connectivity index (χ0) is 16.2. The zero-order valence-electron chi connectivity index (χ0n) is 14.3. The van der Waals surface area contributed by atoms with Gasteiger partial charge in [0.1, 0.15) is 0 Å². The summed E-state index contributed by atoms with van der Waals surface area (Å²) in [5.41, 5.74) is 2.73. The predicted molar refractivity (Wildman–Crippen MR) is 93.7 cm³/mol. The fourth-order valence-corrected chi connectivity index (χ4v) is 2.10. The monoisotopic (exact) mass is 300 g/mol. The first-order valence-corrected chi connectivity index (χ1v) is 8.26. The molecule has 0 saturated carbocycles. The Labute approximate surface area is 135 Å². The molecule has 0 unspecified atom stereocenters. The first-order chi connectivity index (χ1) is 10.8. The van der Waals surface area contributed by atoms with Crippen molar-refractivity contribution in [3.05, 3.63) is 59.7 Å². The molecule has 22 heavy (non-hydrogen) atoms. The van der Waals surface area contributed by atoms with E-state index in [0.717, 1.165) is 24.3 Å². The van der Waals surface area contributed by atoms with Crippen LogP contribution in [-0.2, 0) is 12.8 Å². The summed E-state index contributed by atoms with van der Waals surface area (Å²) in [6.07, 6.45) is 3.41. The molecule has 120 valence electrons. The number of benzene rings is 2. The van der Waals surface area contributed by atoms with Gasteiger partial charge >= 0.3 is 0 Å². The van der Waals surface area contributed by atoms with Crippen molar-refractivity contribution in [2.24, 2.45) is 0 Å². The second kappa shape index (κ2) is 10.7. The van der Waals surface area contributed by atoms with Crippen molar-refractivity contribution >= 4 is 0 Å². The maximum absolute atomic E-state index is 5.26. The van der Waals surface area contributed by atoms with Crippen LogP contribution in [0, 0.1) is 0 Å². The van der Waals surface area contributed by atoms with Crippen LogP contribution in [0.15, 0.2) is 48.5 Å². The summed E-state index contributed by atoms with van der Waals surface area (Å²) in [5.74, 6) is 1.76. The second-order valence-electron chi connectivity index (χ2n) is 4.78. The van der Waals surface area contributed by atoms with E-state index in [0.29, 0.717) is 6.79 Å². The fraction of sp³-hybridized carbons (Fsp3) is 0.400. The Morgan fingerprint density at radius 2 is 1.50 bits per heavy atom. The van der Waals surface area contributed by atoms with Crippen LogP contribution >= 0.6 is 0 Å². The largest absolute Gasteiger partial charge is 0.454 e. The van der Waals surface area contributed by atoms with E-state index in [1.54, 1.807) is 0 Å². The summed E-state index contributed by atoms with van der Waals surface area (Å²) in [6, 6.07) is 16.6. The minimum atomic E-state index is 0.366. The van der Waals surface area contributed by atoms with Crippen LogP contribution < -0.4 is 9.47 Å². The summed E-state index contributed by atoms with van der Waals surface area (Å²) in [4.78, 5) is 0. The topological polar surface area (TPSA) is 18.5 Å². The van der Waals surface area contributed by atoms with Gasteiger partial charge in [-0.2, -0.15) is 0 Å². The highest BCUT2D eigenvalue weighted by molar-refractivity contribution is 5.44. The van der Waals surface area contributed by atoms with Crippen LogP contribution in [0.25, 0.3) is 0 Å². The third-order valence-electron chi connectivity index (χ3n) is 3.23. The number of fused-ring (bicyclic) bond motifs is 1. The molecule has 3 rings (SSSR count). The maximum atomic E-state index is 5.26. The molecule has 0 saturated heterocycles. The first kappa shape index (κ1) is 18.1. The number of aryl methyl sites for hydroxylation is 2. The summed E-state index contributed by atoms with van der Waals surface area (Å²) in [5, 5.41) is 0. The Kier molecular flexibility index (Phi) is 8.82. The Balaban J connectivity index is 0.000000211. The second-order valence-corrected chi connectivity index (χ2v) is 4.78. The summed E-state index contributed by atoms with van der Waals surface area (Å²) in [7, 11) is 0. The molecule has 0 atom stereocenters. The van der Waals surface area contributed by atoms with Crippen LogP contribution in [0.2, 0.25) is 0 Å². The molecule has 1 aliphatic rings. The van der Waals surface area contributed by atoms with E-state index in [9.17, 15) is 0 Å². The van der Waals surface area contributed by atoms with E-state index < -0.39 is 0 Å². The van der Waals surface area contributed by atoms with E-state index in [1.165, 1.54) is 17.5 Å². The SMILES string of the molecule is CC.CCCc1ccc2c(c1)OCO2.CCc1ccccc1. The molecular weight excluding hydrogens is 272 g/mol. The number of rotatable bonds is 3. The molecule has 2 nitrogen and oxygen atoms in total. The van der Waals surface area contributed by atoms with Crippen LogP contribution in [-0.4, -0.2) is 6.79 Å². The Bertz CT molecular complexity index is 520. The lowest BCUT2D eigenvalue weighted by molar-refractivity contribution is 0.174. The quantitative estimate of drug-likeness (QED) is 0.730. The molecular formula is C20H28O2. The molecule has 0 spiro atoms. The van der Waals surface area contributed by atoms with Crippen LogP contribution in [0.5, 0.6) is 11.5 Å². The molecule has 1 heterocycles. The van der Waals surface area contributed by atoms with Crippen LogP contribution in [0.4, 0.5) is 0 Å². The van der Waals surface area contributed by atoms with E-state index in [1.807, 2.05) is 26.0 Å². The average Bonchev–Trinajstić information content (AvgIpc) is 3.06. The molecule has 0 bridgehead atoms. The highest BCUT2D eigenvalue weighted by Crippen LogP contribution is 2.32. The van der Waals surface area contributed by atoms with Crippen molar-refractivity contribution in [3.8, 4) is 11.5 Å². The van der Waals surface area contributed by atoms with Crippen molar-refractivity contribution in [2.45, 2.75) is 47.0 Å². The molecule has 0 aromatic heterocycles. The van der Waals surface area contributed by atoms with Gasteiger partial charge in [0, 0.05) is 0 Å². The molecule has 0 aliphatic carbocycles. The average molecular weight is 300 g/mol. The fourth-order valence-electron chi connectivity index (χ4n) is 2.10. The van der Waals surface area contributed by atoms with Crippen molar-refractivity contribution in [3.63, 3.8) is 0 Å². The Morgan fingerprint density at radius 1 is 0.818 bits per heavy atom. The van der Waals surface area contributed by atoms with E-state index >= 15 is 0 Å². The molecule has 0 fully saturated rings. The van der Waals surface area contributed by atoms with Gasteiger partial charge in [0.25, 0.3) is 0 Å². The minimum Gasteiger partial charge on any atom is -0.454 e. The third-order valence-corrected chi connectivity index (χ3v) is 3.23. The van der Waals surface area contributed by atoms with Gasteiger partial charge < -0.3 is 9.47 Å². The lowest BCUT2D eigenvalue weighted by Crippen LogP contribution is -1.92. The van der Waals surface area contributed by atoms with Gasteiger partial charge in [-0.3, -0.25) is 0 Å². The molecule has 0 amide bonds. The van der Waals surface area contributed by atoms with Crippen molar-refractivity contribution in [1.29, 1.82) is 0 Å². The van der Waals surface area contributed by atoms with Crippen molar-refractivity contribution < 1.29 is 9.47 Å². The van der Waals surface area contributed by atoms with Gasteiger partial charge in [-0.05, 0) is 36.1 Å². The molecule has 2 heteroatoms. The van der Waals surface area contributed by atoms with E-state index in [4.69, 9.17) is 9.47 Å². The van der Waals surface area contributed by atoms with Gasteiger partial charge in [0.2, 0.25) is 6.79 Å². The lowest BCUT2D eigenvalue weighted by atomic mass is 10.1. The van der Waals surface area contributed by atoms with Gasteiger partial charge in [0.05, 0.1) is 0 Å². The molecule has 1 aliphatic heterocycles. The van der Waals surface area contributed by atoms with Gasteiger partial charge in [0.15, 0.2) is 11.5 Å². The minimum absolute atomic E-state index is 0.366. The molecule has 2 aromatic carbocycles. The molecule has 2 aromatic rings. The number of hydrogen-bond acceptors (Lipinski definition) is 2. The molecule has 0 N–H and O–H groups in total. The highest BCUT2D eigenvalue weighted by atomic mass is 16.7. The third kappa shape index (κ3) is 5.80. The predicted octanol–water partition coefficient (Wildman–Crippen LogP) is 5.64. The normalized spacial score (nSPS) is 10.9. The van der Waals surface area contributed by atoms with E-state index in [-0.39, 0.29) is 0 Å². The first-order valence-electron chi connectivity index (χ1n) is 8.26. The van der Waals surface area contributed by atoms with Gasteiger partial charge in [-0.15, -0.1) is 0 Å². The van der Waals surface area contributed by atoms with Crippen molar-refractivity contribution in [2.75, 3.05) is 6.79 Å². The zero-order valence-corrected chi connectivity index (χ0v) is 14.3. The number of hydrogen-bond donors (Lipinski definition) is 0. The summed E-state index contributed by atoms with van der Waals surface area (Å²) >= 11 is 0. The van der Waals surface area contributed by atoms with E-state index in [2.05, 4.69) is 50.2 Å². The van der Waals surface area contributed by atoms with Crippen LogP contribution in [0.3, 0.4) is 0 Å². The standard InChI is InChI=1S/C10H12O2.C8H10.C2H6/c1-2-3-8-4-5-9-10(6-8)12-7-11-9;1-2-8-6-4-3-5-7-8;1-2/h4-6H,2-3,7H2,1H3;3-7H,2H2,1H3;1-2H3. The van der Waals surface area contributed by atoms with Crippen LogP contribution in [0.1, 0.15) is 45.2 Å². The van der Waals surface area contributed by atoms with Gasteiger partial charge in [-0.1, -0.05) is 70.5 Å². The highest BCUT2D eigenvalue weighted by Gasteiger charge is 2.12. The summed E-state index contributed by atoms with van der Waals surface area (Å²) < 4.78 is 10.5. The summed E-state index contributed by atoms with van der Waals surface area (Å²) in [6.45, 7) is 8.70. The van der Waals surface area contributed by atoms with Gasteiger partial charge in [-0.25, -0.2) is 0 Å². The maximum Gasteiger partial charge on any atom is 0.231 e. The smallest absolute Gasteiger partial charge is 0.231 e. The lowest BCUT2D eigenvalue weighted by Gasteiger charge is -1.99.